The maximum atomic E-state index is 12.9. The number of nitrogens with one attached hydrogen (secondary N) is 2. The second-order valence-corrected chi connectivity index (χ2v) is 11.1. The Morgan fingerprint density at radius 1 is 1.02 bits per heavy atom. The number of nitrogens with zero attached hydrogens (tertiary/aromatic N) is 2. The fourth-order valence-electron chi connectivity index (χ4n) is 4.80. The molecule has 0 saturated carbocycles. The summed E-state index contributed by atoms with van der Waals surface area (Å²) in [6, 6.07) is 25.2. The number of hydrogen-bond acceptors (Lipinski definition) is 7. The number of hydrogen-bond donors (Lipinski definition) is 3. The van der Waals surface area contributed by atoms with Crippen molar-refractivity contribution in [3.05, 3.63) is 94.9 Å². The minimum Gasteiger partial charge on any atom is -0.481 e. The number of rotatable bonds is 10. The Morgan fingerprint density at radius 3 is 2.55 bits per heavy atom. The lowest BCUT2D eigenvalue weighted by molar-refractivity contribution is 0.0910. The van der Waals surface area contributed by atoms with Gasteiger partial charge in [-0.15, -0.1) is 11.3 Å². The standard InChI is InChI=1S/C31H35N5O3S/c1-35-16-18-36(19-17-35)15-14-22-8-5-6-11-25(22)34-31(37)38-21-27(23-9-3-2-4-10-23)39-26-12-7-13-28-24(26)20-29(40-28)30(32)33/h2-13,20,27H,14-19,21H2,1H3,(H3,32,33)(H,34,37). The Labute approximate surface area is 238 Å². The molecule has 0 bridgehead atoms. The number of nitrogens with two attached hydrogens (primary N) is 1. The Morgan fingerprint density at radius 2 is 1.77 bits per heavy atom. The first kappa shape index (κ1) is 27.6. The van der Waals surface area contributed by atoms with Crippen LogP contribution in [0.4, 0.5) is 10.5 Å². The molecule has 1 aromatic heterocycles. The molecule has 1 aliphatic heterocycles. The second-order valence-electron chi connectivity index (χ2n) is 9.98. The third-order valence-electron chi connectivity index (χ3n) is 7.14. The van der Waals surface area contributed by atoms with Crippen molar-refractivity contribution in [2.45, 2.75) is 12.5 Å². The van der Waals surface area contributed by atoms with Gasteiger partial charge in [-0.1, -0.05) is 54.6 Å². The van der Waals surface area contributed by atoms with Crippen LogP contribution in [0.15, 0.2) is 78.9 Å². The summed E-state index contributed by atoms with van der Waals surface area (Å²) in [6.45, 7) is 5.25. The summed E-state index contributed by atoms with van der Waals surface area (Å²) in [4.78, 5) is 18.4. The molecule has 1 aliphatic rings. The molecule has 40 heavy (non-hydrogen) atoms. The molecule has 3 aromatic carbocycles. The topological polar surface area (TPSA) is 104 Å². The summed E-state index contributed by atoms with van der Waals surface area (Å²) < 4.78 is 13.1. The van der Waals surface area contributed by atoms with Crippen molar-refractivity contribution >= 4 is 39.0 Å². The molecule has 208 valence electrons. The summed E-state index contributed by atoms with van der Waals surface area (Å²) in [6.07, 6.45) is -0.196. The van der Waals surface area contributed by atoms with Gasteiger partial charge in [0.25, 0.3) is 0 Å². The number of carbonyl (C=O) groups excluding carboxylic acids is 1. The van der Waals surface area contributed by atoms with Gasteiger partial charge in [-0.25, -0.2) is 4.79 Å². The van der Waals surface area contributed by atoms with Crippen molar-refractivity contribution in [2.24, 2.45) is 5.73 Å². The normalized spacial score (nSPS) is 15.0. The molecule has 9 heteroatoms. The van der Waals surface area contributed by atoms with Crippen molar-refractivity contribution in [1.82, 2.24) is 9.80 Å². The van der Waals surface area contributed by atoms with Crippen LogP contribution < -0.4 is 15.8 Å². The molecule has 8 nitrogen and oxygen atoms in total. The maximum Gasteiger partial charge on any atom is 0.411 e. The van der Waals surface area contributed by atoms with E-state index in [0.29, 0.717) is 10.6 Å². The quantitative estimate of drug-likeness (QED) is 0.180. The van der Waals surface area contributed by atoms with Gasteiger partial charge in [0.15, 0.2) is 6.10 Å². The molecule has 4 aromatic rings. The number of nitrogen functional groups attached to an aromatic ring is 1. The zero-order chi connectivity index (χ0) is 27.9. The van der Waals surface area contributed by atoms with E-state index in [9.17, 15) is 4.79 Å². The highest BCUT2D eigenvalue weighted by atomic mass is 32.1. The maximum absolute atomic E-state index is 12.9. The van der Waals surface area contributed by atoms with E-state index < -0.39 is 12.2 Å². The fraction of sp³-hybridized carbons (Fsp3) is 0.290. The van der Waals surface area contributed by atoms with E-state index >= 15 is 0 Å². The number of amidine groups is 1. The Kier molecular flexibility index (Phi) is 8.95. The van der Waals surface area contributed by atoms with Gasteiger partial charge in [0.1, 0.15) is 18.2 Å². The average molecular weight is 558 g/mol. The number of carbonyl (C=O) groups is 1. The van der Waals surface area contributed by atoms with Gasteiger partial charge in [0.2, 0.25) is 0 Å². The third kappa shape index (κ3) is 6.98. The number of fused-ring (bicyclic) bond motifs is 1. The second kappa shape index (κ2) is 13.0. The van der Waals surface area contributed by atoms with E-state index in [0.717, 1.165) is 66.0 Å². The Bertz CT molecular complexity index is 1450. The van der Waals surface area contributed by atoms with E-state index in [1.807, 2.05) is 72.8 Å². The predicted octanol–water partition coefficient (Wildman–Crippen LogP) is 5.34. The van der Waals surface area contributed by atoms with Gasteiger partial charge in [-0.05, 0) is 48.9 Å². The third-order valence-corrected chi connectivity index (χ3v) is 8.27. The van der Waals surface area contributed by atoms with Crippen molar-refractivity contribution < 1.29 is 14.3 Å². The van der Waals surface area contributed by atoms with Crippen molar-refractivity contribution in [3.8, 4) is 5.75 Å². The molecular weight excluding hydrogens is 522 g/mol. The molecule has 1 fully saturated rings. The van der Waals surface area contributed by atoms with Crippen LogP contribution >= 0.6 is 11.3 Å². The van der Waals surface area contributed by atoms with Crippen LogP contribution in [0.25, 0.3) is 10.1 Å². The zero-order valence-corrected chi connectivity index (χ0v) is 23.5. The van der Waals surface area contributed by atoms with Gasteiger partial charge in [-0.2, -0.15) is 0 Å². The number of benzene rings is 3. The first-order chi connectivity index (χ1) is 19.5. The van der Waals surface area contributed by atoms with E-state index in [4.69, 9.17) is 20.6 Å². The lowest BCUT2D eigenvalue weighted by atomic mass is 10.1. The molecule has 1 unspecified atom stereocenters. The number of para-hydroxylation sites is 1. The Balaban J connectivity index is 1.25. The predicted molar refractivity (Wildman–Crippen MR) is 162 cm³/mol. The highest BCUT2D eigenvalue weighted by molar-refractivity contribution is 7.20. The highest BCUT2D eigenvalue weighted by Gasteiger charge is 2.20. The van der Waals surface area contributed by atoms with Gasteiger partial charge in [0.05, 0.1) is 4.88 Å². The SMILES string of the molecule is CN1CCN(CCc2ccccc2NC(=O)OCC(Oc2cccc3sc(C(=N)N)cc23)c2ccccc2)CC1. The van der Waals surface area contributed by atoms with E-state index in [1.165, 1.54) is 11.3 Å². The molecule has 2 heterocycles. The minimum absolute atomic E-state index is 0.0237. The lowest BCUT2D eigenvalue weighted by Crippen LogP contribution is -2.45. The van der Waals surface area contributed by atoms with Gasteiger partial charge in [-0.3, -0.25) is 10.7 Å². The van der Waals surface area contributed by atoms with Crippen molar-refractivity contribution in [1.29, 1.82) is 5.41 Å². The van der Waals surface area contributed by atoms with Crippen LogP contribution in [0.3, 0.4) is 0 Å². The number of ether oxygens (including phenoxy) is 2. The summed E-state index contributed by atoms with van der Waals surface area (Å²) in [5, 5.41) is 11.6. The van der Waals surface area contributed by atoms with Gasteiger partial charge in [0, 0.05) is 48.5 Å². The largest absolute Gasteiger partial charge is 0.481 e. The van der Waals surface area contributed by atoms with E-state index in [1.54, 1.807) is 0 Å². The molecule has 0 spiro atoms. The summed E-state index contributed by atoms with van der Waals surface area (Å²) >= 11 is 1.45. The summed E-state index contributed by atoms with van der Waals surface area (Å²) in [7, 11) is 2.16. The summed E-state index contributed by atoms with van der Waals surface area (Å²) in [5.74, 6) is 0.670. The minimum atomic E-state index is -0.524. The first-order valence-corrected chi connectivity index (χ1v) is 14.3. The van der Waals surface area contributed by atoms with Crippen LogP contribution in [-0.2, 0) is 11.2 Å². The van der Waals surface area contributed by atoms with Crippen LogP contribution in [0.2, 0.25) is 0 Å². The number of likely N-dealkylation sites (N-methyl/N-ethyl adjacent to an activating group) is 1. The molecule has 0 radical (unpaired) electrons. The Hall–Kier alpha value is -3.92. The molecule has 1 saturated heterocycles. The molecule has 0 aliphatic carbocycles. The van der Waals surface area contributed by atoms with Gasteiger partial charge >= 0.3 is 6.09 Å². The molecule has 5 rings (SSSR count). The molecule has 1 atom stereocenters. The monoisotopic (exact) mass is 557 g/mol. The first-order valence-electron chi connectivity index (χ1n) is 13.5. The number of thiophene rings is 1. The van der Waals surface area contributed by atoms with Crippen LogP contribution in [-0.4, -0.2) is 68.1 Å². The van der Waals surface area contributed by atoms with Crippen molar-refractivity contribution in [3.63, 3.8) is 0 Å². The van der Waals surface area contributed by atoms with Crippen molar-refractivity contribution in [2.75, 3.05) is 51.7 Å². The fourth-order valence-corrected chi connectivity index (χ4v) is 5.74. The summed E-state index contributed by atoms with van der Waals surface area (Å²) in [5.41, 5.74) is 8.46. The highest BCUT2D eigenvalue weighted by Crippen LogP contribution is 2.35. The molecule has 4 N–H and O–H groups in total. The van der Waals surface area contributed by atoms with E-state index in [2.05, 4.69) is 28.2 Å². The van der Waals surface area contributed by atoms with Gasteiger partial charge < -0.3 is 25.0 Å². The smallest absolute Gasteiger partial charge is 0.411 e. The lowest BCUT2D eigenvalue weighted by Gasteiger charge is -2.32. The zero-order valence-electron chi connectivity index (χ0n) is 22.6. The van der Waals surface area contributed by atoms with Crippen LogP contribution in [0, 0.1) is 5.41 Å². The molecule has 1 amide bonds. The van der Waals surface area contributed by atoms with Crippen LogP contribution in [0.5, 0.6) is 5.75 Å². The number of piperazine rings is 1. The number of amides is 1. The molecular formula is C31H35N5O3S. The average Bonchev–Trinajstić information content (AvgIpc) is 3.42. The number of anilines is 1. The van der Waals surface area contributed by atoms with E-state index in [-0.39, 0.29) is 12.4 Å². The van der Waals surface area contributed by atoms with Crippen LogP contribution in [0.1, 0.15) is 22.1 Å².